The van der Waals surface area contributed by atoms with Gasteiger partial charge in [0.25, 0.3) is 0 Å². The van der Waals surface area contributed by atoms with E-state index in [2.05, 4.69) is 36.1 Å². The first-order chi connectivity index (χ1) is 18.2. The summed E-state index contributed by atoms with van der Waals surface area (Å²) in [7, 11) is 1.67. The van der Waals surface area contributed by atoms with Crippen molar-refractivity contribution < 1.29 is 9.47 Å². The topological polar surface area (TPSA) is 69.7 Å². The molecule has 0 N–H and O–H groups in total. The van der Waals surface area contributed by atoms with E-state index in [4.69, 9.17) is 24.7 Å². The van der Waals surface area contributed by atoms with Crippen molar-refractivity contribution in [2.24, 2.45) is 0 Å². The van der Waals surface area contributed by atoms with E-state index in [1.807, 2.05) is 70.9 Å². The van der Waals surface area contributed by atoms with Gasteiger partial charge in [-0.1, -0.05) is 49.4 Å². The Kier molecular flexibility index (Phi) is 7.46. The molecule has 0 aliphatic carbocycles. The number of benzene rings is 1. The summed E-state index contributed by atoms with van der Waals surface area (Å²) in [6.07, 6.45) is 13.3. The summed E-state index contributed by atoms with van der Waals surface area (Å²) in [6, 6.07) is 14.0. The van der Waals surface area contributed by atoms with Crippen LogP contribution in [0.1, 0.15) is 26.0 Å². The lowest BCUT2D eigenvalue weighted by atomic mass is 10.1. The van der Waals surface area contributed by atoms with E-state index in [9.17, 15) is 0 Å². The second-order valence-electron chi connectivity index (χ2n) is 8.71. The van der Waals surface area contributed by atoms with Crippen molar-refractivity contribution in [1.82, 2.24) is 24.4 Å². The molecule has 190 valence electrons. The van der Waals surface area contributed by atoms with E-state index in [1.165, 1.54) is 0 Å². The van der Waals surface area contributed by atoms with Crippen LogP contribution in [-0.4, -0.2) is 57.8 Å². The molecule has 1 aromatic carbocycles. The Morgan fingerprint density at radius 3 is 2.76 bits per heavy atom. The summed E-state index contributed by atoms with van der Waals surface area (Å²) in [4.78, 5) is 7.24. The Labute approximate surface area is 217 Å². The van der Waals surface area contributed by atoms with Gasteiger partial charge >= 0.3 is 0 Å². The molecule has 5 rings (SSSR count). The number of rotatable bonds is 8. The standard InChI is InChI=1S/C29H32N6O2/c1-4-6-7-10-22(9-5-2)26-20-28-30-27(21-29(35(28)32-26)33-15-17-37-18-16-33)34-14-13-25(31-34)23-11-8-12-24(19-23)36-3/h5-14,19-21H,4,15-18H2,1-3H3/b7-6+,9-5-,22-10+. The summed E-state index contributed by atoms with van der Waals surface area (Å²) in [6.45, 7) is 7.08. The minimum absolute atomic E-state index is 0.681. The maximum atomic E-state index is 5.61. The average molecular weight is 497 g/mol. The van der Waals surface area contributed by atoms with Crippen LogP contribution in [0.4, 0.5) is 5.82 Å². The van der Waals surface area contributed by atoms with Crippen LogP contribution in [0.15, 0.2) is 79.0 Å². The molecule has 1 aliphatic rings. The molecule has 37 heavy (non-hydrogen) atoms. The third-order valence-electron chi connectivity index (χ3n) is 6.21. The lowest BCUT2D eigenvalue weighted by Crippen LogP contribution is -2.37. The highest BCUT2D eigenvalue weighted by molar-refractivity contribution is 5.75. The van der Waals surface area contributed by atoms with Gasteiger partial charge in [-0.15, -0.1) is 0 Å². The van der Waals surface area contributed by atoms with Gasteiger partial charge in [0, 0.05) is 42.6 Å². The molecule has 0 saturated carbocycles. The molecule has 0 radical (unpaired) electrons. The Balaban J connectivity index is 1.60. The number of ether oxygens (including phenoxy) is 2. The molecule has 8 heteroatoms. The van der Waals surface area contributed by atoms with Crippen LogP contribution in [-0.2, 0) is 4.74 Å². The Bertz CT molecular complexity index is 1460. The number of hydrogen-bond acceptors (Lipinski definition) is 6. The number of allylic oxidation sites excluding steroid dienone is 6. The van der Waals surface area contributed by atoms with Gasteiger partial charge in [-0.2, -0.15) is 14.7 Å². The van der Waals surface area contributed by atoms with Gasteiger partial charge in [-0.25, -0.2) is 9.67 Å². The second-order valence-corrected chi connectivity index (χ2v) is 8.71. The predicted octanol–water partition coefficient (Wildman–Crippen LogP) is 5.35. The smallest absolute Gasteiger partial charge is 0.160 e. The van der Waals surface area contributed by atoms with E-state index < -0.39 is 0 Å². The third-order valence-corrected chi connectivity index (χ3v) is 6.21. The molecule has 0 unspecified atom stereocenters. The Morgan fingerprint density at radius 1 is 1.11 bits per heavy atom. The zero-order valence-electron chi connectivity index (χ0n) is 21.5. The molecular weight excluding hydrogens is 464 g/mol. The maximum Gasteiger partial charge on any atom is 0.160 e. The molecule has 1 aliphatic heterocycles. The fraction of sp³-hybridized carbons (Fsp3) is 0.276. The largest absolute Gasteiger partial charge is 0.497 e. The van der Waals surface area contributed by atoms with Gasteiger partial charge < -0.3 is 14.4 Å². The lowest BCUT2D eigenvalue weighted by molar-refractivity contribution is 0.122. The number of anilines is 1. The molecule has 3 aromatic heterocycles. The number of aromatic nitrogens is 5. The molecule has 0 bridgehead atoms. The van der Waals surface area contributed by atoms with Crippen LogP contribution in [0.2, 0.25) is 0 Å². The zero-order valence-corrected chi connectivity index (χ0v) is 21.5. The lowest BCUT2D eigenvalue weighted by Gasteiger charge is -2.29. The molecule has 1 fully saturated rings. The zero-order chi connectivity index (χ0) is 25.6. The normalized spacial score (nSPS) is 14.9. The SMILES string of the molecule is C\C=C/C(=C\C=C\CC)c1cc2nc(-n3ccc(-c4cccc(OC)c4)n3)cc(N3CCOCC3)n2n1. The van der Waals surface area contributed by atoms with Crippen molar-refractivity contribution in [1.29, 1.82) is 0 Å². The predicted molar refractivity (Wildman–Crippen MR) is 147 cm³/mol. The highest BCUT2D eigenvalue weighted by Crippen LogP contribution is 2.26. The van der Waals surface area contributed by atoms with Crippen molar-refractivity contribution in [2.45, 2.75) is 20.3 Å². The average Bonchev–Trinajstić information content (AvgIpc) is 3.60. The van der Waals surface area contributed by atoms with Crippen LogP contribution in [0.3, 0.4) is 0 Å². The van der Waals surface area contributed by atoms with Gasteiger partial charge in [0.1, 0.15) is 11.6 Å². The molecule has 0 amide bonds. The minimum atomic E-state index is 0.681. The summed E-state index contributed by atoms with van der Waals surface area (Å²) in [5.74, 6) is 2.50. The van der Waals surface area contributed by atoms with Gasteiger partial charge in [0.2, 0.25) is 0 Å². The van der Waals surface area contributed by atoms with Gasteiger partial charge in [-0.3, -0.25) is 0 Å². The highest BCUT2D eigenvalue weighted by Gasteiger charge is 2.19. The van der Waals surface area contributed by atoms with Crippen LogP contribution in [0, 0.1) is 0 Å². The first kappa shape index (κ1) is 24.5. The van der Waals surface area contributed by atoms with Gasteiger partial charge in [0.15, 0.2) is 11.5 Å². The van der Waals surface area contributed by atoms with Crippen LogP contribution >= 0.6 is 0 Å². The number of nitrogens with zero attached hydrogens (tertiary/aromatic N) is 6. The summed E-state index contributed by atoms with van der Waals surface area (Å²) in [5, 5.41) is 9.80. The summed E-state index contributed by atoms with van der Waals surface area (Å²) >= 11 is 0. The first-order valence-corrected chi connectivity index (χ1v) is 12.6. The Morgan fingerprint density at radius 2 is 1.97 bits per heavy atom. The number of morpholine rings is 1. The molecule has 0 spiro atoms. The van der Waals surface area contributed by atoms with Gasteiger partial charge in [-0.05, 0) is 31.5 Å². The fourth-order valence-electron chi connectivity index (χ4n) is 4.32. The van der Waals surface area contributed by atoms with Crippen molar-refractivity contribution in [3.05, 3.63) is 84.7 Å². The number of methoxy groups -OCH3 is 1. The third kappa shape index (κ3) is 5.34. The van der Waals surface area contributed by atoms with E-state index in [1.54, 1.807) is 7.11 Å². The fourth-order valence-corrected chi connectivity index (χ4v) is 4.32. The molecule has 1 saturated heterocycles. The number of fused-ring (bicyclic) bond motifs is 1. The van der Waals surface area contributed by atoms with E-state index in [-0.39, 0.29) is 0 Å². The van der Waals surface area contributed by atoms with E-state index in [0.29, 0.717) is 13.2 Å². The summed E-state index contributed by atoms with van der Waals surface area (Å²) < 4.78 is 14.7. The van der Waals surface area contributed by atoms with Crippen molar-refractivity contribution in [3.8, 4) is 22.8 Å². The van der Waals surface area contributed by atoms with E-state index in [0.717, 1.165) is 65.1 Å². The van der Waals surface area contributed by atoms with Crippen molar-refractivity contribution in [3.63, 3.8) is 0 Å². The van der Waals surface area contributed by atoms with Crippen LogP contribution < -0.4 is 9.64 Å². The Hall–Kier alpha value is -4.17. The van der Waals surface area contributed by atoms with Crippen LogP contribution in [0.5, 0.6) is 5.75 Å². The monoisotopic (exact) mass is 496 g/mol. The summed E-state index contributed by atoms with van der Waals surface area (Å²) in [5.41, 5.74) is 4.51. The molecule has 8 nitrogen and oxygen atoms in total. The van der Waals surface area contributed by atoms with Crippen LogP contribution in [0.25, 0.3) is 28.3 Å². The second kappa shape index (κ2) is 11.3. The van der Waals surface area contributed by atoms with E-state index >= 15 is 0 Å². The molecular formula is C29H32N6O2. The molecule has 4 aromatic rings. The highest BCUT2D eigenvalue weighted by atomic mass is 16.5. The maximum absolute atomic E-state index is 5.61. The van der Waals surface area contributed by atoms with Crippen molar-refractivity contribution >= 4 is 17.0 Å². The molecule has 0 atom stereocenters. The first-order valence-electron chi connectivity index (χ1n) is 12.6. The minimum Gasteiger partial charge on any atom is -0.497 e. The van der Waals surface area contributed by atoms with Gasteiger partial charge in [0.05, 0.1) is 31.7 Å². The quantitative estimate of drug-likeness (QED) is 0.306. The number of hydrogen-bond donors (Lipinski definition) is 0. The molecule has 4 heterocycles. The van der Waals surface area contributed by atoms with Crippen molar-refractivity contribution in [2.75, 3.05) is 38.3 Å².